The van der Waals surface area contributed by atoms with E-state index in [1.807, 2.05) is 31.2 Å². The van der Waals surface area contributed by atoms with Crippen LogP contribution in [0.25, 0.3) is 22.6 Å². The van der Waals surface area contributed by atoms with Gasteiger partial charge in [-0.3, -0.25) is 9.59 Å². The predicted octanol–water partition coefficient (Wildman–Crippen LogP) is 5.44. The van der Waals surface area contributed by atoms with Crippen molar-refractivity contribution in [2.45, 2.75) is 26.7 Å². The molecule has 0 radical (unpaired) electrons. The Morgan fingerprint density at radius 1 is 1.12 bits per heavy atom. The maximum Gasteiger partial charge on any atom is 0.226 e. The van der Waals surface area contributed by atoms with Crippen LogP contribution in [0.5, 0.6) is 0 Å². The van der Waals surface area contributed by atoms with E-state index in [0.29, 0.717) is 34.6 Å². The highest BCUT2D eigenvalue weighted by Gasteiger charge is 2.14. The van der Waals surface area contributed by atoms with Crippen molar-refractivity contribution in [2.75, 3.05) is 10.6 Å². The van der Waals surface area contributed by atoms with Crippen LogP contribution in [0, 0.1) is 12.7 Å². The second-order valence-corrected chi connectivity index (χ2v) is 8.30. The maximum absolute atomic E-state index is 14.4. The summed E-state index contributed by atoms with van der Waals surface area (Å²) in [5.41, 5.74) is 3.13. The number of carbonyl (C=O) groups excluding carboxylic acids is 2. The summed E-state index contributed by atoms with van der Waals surface area (Å²) >= 11 is 1.20. The fourth-order valence-corrected chi connectivity index (χ4v) is 3.86. The molecule has 0 fully saturated rings. The molecule has 0 saturated heterocycles. The van der Waals surface area contributed by atoms with Crippen molar-refractivity contribution in [2.24, 2.45) is 0 Å². The largest absolute Gasteiger partial charge is 0.441 e. The zero-order chi connectivity index (χ0) is 23.4. The summed E-state index contributed by atoms with van der Waals surface area (Å²) < 4.78 is 20.2. The van der Waals surface area contributed by atoms with E-state index in [1.165, 1.54) is 30.4 Å². The number of oxazole rings is 1. The first-order valence-corrected chi connectivity index (χ1v) is 11.1. The van der Waals surface area contributed by atoms with E-state index in [2.05, 4.69) is 20.6 Å². The molecule has 4 rings (SSSR count). The minimum atomic E-state index is -0.516. The molecule has 0 spiro atoms. The van der Waals surface area contributed by atoms with Gasteiger partial charge in [0.25, 0.3) is 0 Å². The van der Waals surface area contributed by atoms with E-state index >= 15 is 0 Å². The number of hydrogen-bond acceptors (Lipinski definition) is 6. The van der Waals surface area contributed by atoms with E-state index in [9.17, 15) is 14.0 Å². The van der Waals surface area contributed by atoms with Gasteiger partial charge < -0.3 is 15.1 Å². The molecule has 0 saturated carbocycles. The predicted molar refractivity (Wildman–Crippen MR) is 125 cm³/mol. The van der Waals surface area contributed by atoms with Gasteiger partial charge in [-0.15, -0.1) is 11.3 Å². The number of anilines is 2. The highest BCUT2D eigenvalue weighted by Crippen LogP contribution is 2.29. The van der Waals surface area contributed by atoms with Crippen LogP contribution in [0.3, 0.4) is 0 Å². The van der Waals surface area contributed by atoms with Crippen LogP contribution in [0.4, 0.5) is 15.2 Å². The van der Waals surface area contributed by atoms with E-state index in [4.69, 9.17) is 4.42 Å². The Bertz CT molecular complexity index is 1300. The van der Waals surface area contributed by atoms with Gasteiger partial charge in [-0.1, -0.05) is 29.8 Å². The van der Waals surface area contributed by atoms with Gasteiger partial charge in [0.15, 0.2) is 16.8 Å². The summed E-state index contributed by atoms with van der Waals surface area (Å²) in [6.07, 6.45) is 2.16. The molecule has 4 aromatic rings. The van der Waals surface area contributed by atoms with Crippen molar-refractivity contribution in [3.05, 3.63) is 71.3 Å². The third-order valence-electron chi connectivity index (χ3n) is 4.77. The average molecular weight is 465 g/mol. The van der Waals surface area contributed by atoms with Crippen LogP contribution in [0.1, 0.15) is 24.8 Å². The molecule has 0 bridgehead atoms. The van der Waals surface area contributed by atoms with Crippen LogP contribution in [-0.4, -0.2) is 21.8 Å². The van der Waals surface area contributed by atoms with E-state index in [0.717, 1.165) is 11.1 Å². The molecule has 33 heavy (non-hydrogen) atoms. The minimum Gasteiger partial charge on any atom is -0.441 e. The fraction of sp³-hybridized carbons (Fsp3) is 0.167. The lowest BCUT2D eigenvalue weighted by molar-refractivity contribution is -0.116. The maximum atomic E-state index is 14.4. The Hall–Kier alpha value is -3.85. The SMILES string of the molecule is CC(=O)Nc1ccc(-c2csc(NC(=O)CCc3ncc(-c4ccc(C)cc4)o3)n2)c(F)c1. The van der Waals surface area contributed by atoms with Gasteiger partial charge in [0.2, 0.25) is 11.8 Å². The molecular formula is C24H21FN4O3S. The number of hydrogen-bond donors (Lipinski definition) is 2. The average Bonchev–Trinajstić information content (AvgIpc) is 3.42. The highest BCUT2D eigenvalue weighted by atomic mass is 32.1. The van der Waals surface area contributed by atoms with Gasteiger partial charge in [-0.2, -0.15) is 0 Å². The lowest BCUT2D eigenvalue weighted by atomic mass is 10.1. The van der Waals surface area contributed by atoms with Crippen LogP contribution in [0.15, 0.2) is 58.5 Å². The number of aryl methyl sites for hydroxylation is 2. The molecule has 0 aliphatic heterocycles. The normalized spacial score (nSPS) is 10.8. The van der Waals surface area contributed by atoms with Gasteiger partial charge in [-0.25, -0.2) is 14.4 Å². The summed E-state index contributed by atoms with van der Waals surface area (Å²) in [5, 5.41) is 7.28. The van der Waals surface area contributed by atoms with Crippen molar-refractivity contribution in [1.29, 1.82) is 0 Å². The van der Waals surface area contributed by atoms with E-state index < -0.39 is 5.82 Å². The first-order chi connectivity index (χ1) is 15.9. The van der Waals surface area contributed by atoms with E-state index in [-0.39, 0.29) is 23.8 Å². The lowest BCUT2D eigenvalue weighted by Gasteiger charge is -2.05. The summed E-state index contributed by atoms with van der Waals surface area (Å²) in [5.74, 6) is 0.0884. The monoisotopic (exact) mass is 464 g/mol. The van der Waals surface area contributed by atoms with Gasteiger partial charge >= 0.3 is 0 Å². The molecule has 0 aliphatic rings. The van der Waals surface area contributed by atoms with Crippen molar-refractivity contribution in [3.63, 3.8) is 0 Å². The minimum absolute atomic E-state index is 0.169. The molecule has 2 N–H and O–H groups in total. The quantitative estimate of drug-likeness (QED) is 0.379. The molecule has 2 aromatic heterocycles. The molecular weight excluding hydrogens is 443 g/mol. The van der Waals surface area contributed by atoms with Gasteiger partial charge in [0.05, 0.1) is 11.9 Å². The molecule has 168 valence electrons. The number of aromatic nitrogens is 2. The molecule has 0 aliphatic carbocycles. The number of halogens is 1. The van der Waals surface area contributed by atoms with Crippen molar-refractivity contribution in [3.8, 4) is 22.6 Å². The van der Waals surface area contributed by atoms with Crippen molar-refractivity contribution in [1.82, 2.24) is 9.97 Å². The molecule has 9 heteroatoms. The summed E-state index contributed by atoms with van der Waals surface area (Å²) in [4.78, 5) is 32.0. The first kappa shape index (κ1) is 22.3. The third kappa shape index (κ3) is 5.69. The Morgan fingerprint density at radius 2 is 1.91 bits per heavy atom. The van der Waals surface area contributed by atoms with Gasteiger partial charge in [-0.05, 0) is 25.1 Å². The number of thiazole rings is 1. The Morgan fingerprint density at radius 3 is 2.64 bits per heavy atom. The molecule has 0 atom stereocenters. The number of rotatable bonds is 7. The van der Waals surface area contributed by atoms with Crippen LogP contribution < -0.4 is 10.6 Å². The Kier molecular flexibility index (Phi) is 6.60. The van der Waals surface area contributed by atoms with Crippen molar-refractivity contribution < 1.29 is 18.4 Å². The fourth-order valence-electron chi connectivity index (χ4n) is 3.14. The van der Waals surface area contributed by atoms with Crippen LogP contribution in [0.2, 0.25) is 0 Å². The summed E-state index contributed by atoms with van der Waals surface area (Å²) in [7, 11) is 0. The summed E-state index contributed by atoms with van der Waals surface area (Å²) in [6, 6.07) is 12.3. The zero-order valence-corrected chi connectivity index (χ0v) is 18.8. The van der Waals surface area contributed by atoms with Gasteiger partial charge in [0.1, 0.15) is 5.82 Å². The molecule has 2 amide bonds. The van der Waals surface area contributed by atoms with E-state index in [1.54, 1.807) is 17.6 Å². The Balaban J connectivity index is 1.34. The standard InChI is InChI=1S/C24H21FN4O3S/c1-14-3-5-16(6-4-14)21-12-26-23(32-21)10-9-22(31)29-24-28-20(13-33-24)18-8-7-17(11-19(18)25)27-15(2)30/h3-8,11-13H,9-10H2,1-2H3,(H,27,30)(H,28,29,31). The molecule has 7 nitrogen and oxygen atoms in total. The second-order valence-electron chi connectivity index (χ2n) is 7.45. The Labute approximate surface area is 193 Å². The molecule has 2 aromatic carbocycles. The number of carbonyl (C=O) groups is 2. The molecule has 2 heterocycles. The van der Waals surface area contributed by atoms with Crippen LogP contribution >= 0.6 is 11.3 Å². The summed E-state index contributed by atoms with van der Waals surface area (Å²) in [6.45, 7) is 3.37. The molecule has 0 unspecified atom stereocenters. The number of amides is 2. The smallest absolute Gasteiger partial charge is 0.226 e. The number of benzene rings is 2. The van der Waals surface area contributed by atoms with Crippen LogP contribution in [-0.2, 0) is 16.0 Å². The third-order valence-corrected chi connectivity index (χ3v) is 5.53. The number of nitrogens with zero attached hydrogens (tertiary/aromatic N) is 2. The lowest BCUT2D eigenvalue weighted by Crippen LogP contribution is -2.12. The first-order valence-electron chi connectivity index (χ1n) is 10.2. The van der Waals surface area contributed by atoms with Crippen molar-refractivity contribution >= 4 is 34.0 Å². The topological polar surface area (TPSA) is 97.1 Å². The van der Waals surface area contributed by atoms with Gasteiger partial charge in [0, 0.05) is 42.0 Å². The highest BCUT2D eigenvalue weighted by molar-refractivity contribution is 7.14. The second kappa shape index (κ2) is 9.74. The zero-order valence-electron chi connectivity index (χ0n) is 18.0. The number of nitrogens with one attached hydrogen (secondary N) is 2.